The summed E-state index contributed by atoms with van der Waals surface area (Å²) in [7, 11) is 0. The number of benzene rings is 1. The van der Waals surface area contributed by atoms with Gasteiger partial charge in [-0.25, -0.2) is 4.79 Å². The fourth-order valence-electron chi connectivity index (χ4n) is 3.79. The molecule has 1 aromatic rings. The Morgan fingerprint density at radius 1 is 0.960 bits per heavy atom. The Labute approximate surface area is 150 Å². The second-order valence-electron chi connectivity index (χ2n) is 7.39. The highest BCUT2D eigenvalue weighted by Crippen LogP contribution is 2.18. The van der Waals surface area contributed by atoms with Gasteiger partial charge in [-0.3, -0.25) is 4.79 Å². The lowest BCUT2D eigenvalue weighted by atomic mass is 9.95. The third-order valence-electron chi connectivity index (χ3n) is 5.33. The topological polar surface area (TPSA) is 61.4 Å². The standard InChI is InChI=1S/C20H29N3O2/c1-15-6-5-7-16(14-15)19(24)21-18-10-12-23(13-11-18)20(25)22-17-8-3-2-4-9-17/h5-7,14,17-18H,2-4,8-13H2,1H3,(H,21,24)(H,22,25). The van der Waals surface area contributed by atoms with Gasteiger partial charge < -0.3 is 15.5 Å². The molecular weight excluding hydrogens is 314 g/mol. The van der Waals surface area contributed by atoms with Crippen LogP contribution < -0.4 is 10.6 Å². The SMILES string of the molecule is Cc1cccc(C(=O)NC2CCN(C(=O)NC3CCCCC3)CC2)c1. The van der Waals surface area contributed by atoms with Crippen molar-refractivity contribution in [3.63, 3.8) is 0 Å². The van der Waals surface area contributed by atoms with E-state index in [1.807, 2.05) is 36.1 Å². The molecule has 1 saturated heterocycles. The van der Waals surface area contributed by atoms with Crippen LogP contribution in [0, 0.1) is 6.92 Å². The van der Waals surface area contributed by atoms with E-state index in [-0.39, 0.29) is 18.0 Å². The Morgan fingerprint density at radius 3 is 2.32 bits per heavy atom. The van der Waals surface area contributed by atoms with Gasteiger partial charge in [0.25, 0.3) is 5.91 Å². The van der Waals surface area contributed by atoms with E-state index in [1.54, 1.807) is 0 Å². The summed E-state index contributed by atoms with van der Waals surface area (Å²) in [6, 6.07) is 8.20. The Bertz CT molecular complexity index is 603. The van der Waals surface area contributed by atoms with Crippen molar-refractivity contribution in [2.45, 2.75) is 64.0 Å². The van der Waals surface area contributed by atoms with Crippen LogP contribution in [0.15, 0.2) is 24.3 Å². The first kappa shape index (κ1) is 17.8. The van der Waals surface area contributed by atoms with Crippen LogP contribution in [0.1, 0.15) is 60.9 Å². The zero-order valence-electron chi connectivity index (χ0n) is 15.1. The minimum Gasteiger partial charge on any atom is -0.349 e. The van der Waals surface area contributed by atoms with E-state index in [1.165, 1.54) is 19.3 Å². The monoisotopic (exact) mass is 343 g/mol. The number of aryl methyl sites for hydroxylation is 1. The molecule has 0 bridgehead atoms. The first-order valence-electron chi connectivity index (χ1n) is 9.55. The van der Waals surface area contributed by atoms with Crippen LogP contribution in [0.3, 0.4) is 0 Å². The molecule has 1 aliphatic heterocycles. The lowest BCUT2D eigenvalue weighted by molar-refractivity contribution is 0.0917. The fraction of sp³-hybridized carbons (Fsp3) is 0.600. The summed E-state index contributed by atoms with van der Waals surface area (Å²) in [6.45, 7) is 3.40. The number of nitrogens with one attached hydrogen (secondary N) is 2. The third kappa shape index (κ3) is 4.97. The average molecular weight is 343 g/mol. The van der Waals surface area contributed by atoms with E-state index in [0.717, 1.165) is 31.2 Å². The van der Waals surface area contributed by atoms with E-state index < -0.39 is 0 Å². The molecule has 25 heavy (non-hydrogen) atoms. The van der Waals surface area contributed by atoms with E-state index in [4.69, 9.17) is 0 Å². The number of piperidine rings is 1. The maximum absolute atomic E-state index is 12.4. The lowest BCUT2D eigenvalue weighted by Gasteiger charge is -2.34. The molecule has 3 rings (SSSR count). The van der Waals surface area contributed by atoms with Crippen molar-refractivity contribution in [3.8, 4) is 0 Å². The summed E-state index contributed by atoms with van der Waals surface area (Å²) in [6.07, 6.45) is 7.57. The maximum atomic E-state index is 12.4. The number of hydrogen-bond acceptors (Lipinski definition) is 2. The molecule has 1 aliphatic carbocycles. The van der Waals surface area contributed by atoms with E-state index in [2.05, 4.69) is 10.6 Å². The van der Waals surface area contributed by atoms with Crippen LogP contribution in [0.25, 0.3) is 0 Å². The van der Waals surface area contributed by atoms with Crippen molar-refractivity contribution >= 4 is 11.9 Å². The molecule has 3 amide bonds. The van der Waals surface area contributed by atoms with Crippen molar-refractivity contribution in [2.24, 2.45) is 0 Å². The smallest absolute Gasteiger partial charge is 0.317 e. The summed E-state index contributed by atoms with van der Waals surface area (Å²) in [5.74, 6) is -0.0196. The van der Waals surface area contributed by atoms with Crippen LogP contribution in [-0.2, 0) is 0 Å². The molecule has 0 atom stereocenters. The van der Waals surface area contributed by atoms with Gasteiger partial charge in [-0.05, 0) is 44.7 Å². The van der Waals surface area contributed by atoms with Gasteiger partial charge >= 0.3 is 6.03 Å². The lowest BCUT2D eigenvalue weighted by Crippen LogP contribution is -2.51. The number of likely N-dealkylation sites (tertiary alicyclic amines) is 1. The fourth-order valence-corrected chi connectivity index (χ4v) is 3.79. The Hall–Kier alpha value is -2.04. The van der Waals surface area contributed by atoms with Crippen LogP contribution in [0.5, 0.6) is 0 Å². The van der Waals surface area contributed by atoms with Crippen molar-refractivity contribution in [1.82, 2.24) is 15.5 Å². The summed E-state index contributed by atoms with van der Waals surface area (Å²) in [4.78, 5) is 26.6. The van der Waals surface area contributed by atoms with Gasteiger partial charge in [-0.1, -0.05) is 37.0 Å². The zero-order chi connectivity index (χ0) is 17.6. The third-order valence-corrected chi connectivity index (χ3v) is 5.33. The average Bonchev–Trinajstić information content (AvgIpc) is 2.63. The van der Waals surface area contributed by atoms with Gasteiger partial charge in [0, 0.05) is 30.7 Å². The number of carbonyl (C=O) groups excluding carboxylic acids is 2. The second-order valence-corrected chi connectivity index (χ2v) is 7.39. The summed E-state index contributed by atoms with van der Waals surface area (Å²) >= 11 is 0. The molecule has 2 N–H and O–H groups in total. The molecule has 0 radical (unpaired) electrons. The highest BCUT2D eigenvalue weighted by Gasteiger charge is 2.25. The van der Waals surface area contributed by atoms with E-state index in [0.29, 0.717) is 24.7 Å². The van der Waals surface area contributed by atoms with Gasteiger partial charge in [0.2, 0.25) is 0 Å². The molecule has 2 aliphatic rings. The molecule has 1 aromatic carbocycles. The van der Waals surface area contributed by atoms with Crippen LogP contribution in [-0.4, -0.2) is 42.0 Å². The van der Waals surface area contributed by atoms with Crippen LogP contribution >= 0.6 is 0 Å². The van der Waals surface area contributed by atoms with Gasteiger partial charge in [0.05, 0.1) is 0 Å². The molecule has 0 aromatic heterocycles. The minimum atomic E-state index is -0.0196. The van der Waals surface area contributed by atoms with Gasteiger partial charge in [0.15, 0.2) is 0 Å². The largest absolute Gasteiger partial charge is 0.349 e. The maximum Gasteiger partial charge on any atom is 0.317 e. The minimum absolute atomic E-state index is 0.0196. The highest BCUT2D eigenvalue weighted by atomic mass is 16.2. The second kappa shape index (κ2) is 8.37. The number of rotatable bonds is 3. The summed E-state index contributed by atoms with van der Waals surface area (Å²) in [5.41, 5.74) is 1.79. The van der Waals surface area contributed by atoms with Gasteiger partial charge in [-0.2, -0.15) is 0 Å². The first-order chi connectivity index (χ1) is 12.1. The highest BCUT2D eigenvalue weighted by molar-refractivity contribution is 5.94. The van der Waals surface area contributed by atoms with Crippen LogP contribution in [0.2, 0.25) is 0 Å². The number of nitrogens with zero attached hydrogens (tertiary/aromatic N) is 1. The predicted octanol–water partition coefficient (Wildman–Crippen LogP) is 3.23. The normalized spacial score (nSPS) is 19.5. The molecule has 136 valence electrons. The van der Waals surface area contributed by atoms with E-state index >= 15 is 0 Å². The quantitative estimate of drug-likeness (QED) is 0.885. The Balaban J connectivity index is 1.43. The van der Waals surface area contributed by atoms with Crippen LogP contribution in [0.4, 0.5) is 4.79 Å². The number of urea groups is 1. The first-order valence-corrected chi connectivity index (χ1v) is 9.55. The van der Waals surface area contributed by atoms with Crippen molar-refractivity contribution in [2.75, 3.05) is 13.1 Å². The summed E-state index contributed by atoms with van der Waals surface area (Å²) < 4.78 is 0. The molecule has 0 unspecified atom stereocenters. The molecule has 0 spiro atoms. The number of amides is 3. The zero-order valence-corrected chi connectivity index (χ0v) is 15.1. The Kier molecular flexibility index (Phi) is 5.95. The number of carbonyl (C=O) groups is 2. The molecule has 2 fully saturated rings. The number of hydrogen-bond donors (Lipinski definition) is 2. The van der Waals surface area contributed by atoms with Crippen molar-refractivity contribution in [1.29, 1.82) is 0 Å². The molecule has 1 saturated carbocycles. The predicted molar refractivity (Wildman–Crippen MR) is 98.6 cm³/mol. The molecule has 5 nitrogen and oxygen atoms in total. The molecule has 5 heteroatoms. The van der Waals surface area contributed by atoms with Crippen molar-refractivity contribution in [3.05, 3.63) is 35.4 Å². The molecule has 1 heterocycles. The van der Waals surface area contributed by atoms with E-state index in [9.17, 15) is 9.59 Å². The van der Waals surface area contributed by atoms with Gasteiger partial charge in [-0.15, -0.1) is 0 Å². The Morgan fingerprint density at radius 2 is 1.64 bits per heavy atom. The molecular formula is C20H29N3O2. The summed E-state index contributed by atoms with van der Waals surface area (Å²) in [5, 5.41) is 6.28. The van der Waals surface area contributed by atoms with Gasteiger partial charge in [0.1, 0.15) is 0 Å². The van der Waals surface area contributed by atoms with Crippen molar-refractivity contribution < 1.29 is 9.59 Å².